The van der Waals surface area contributed by atoms with E-state index >= 15 is 0 Å². The number of fused-ring (bicyclic) bond motifs is 1. The lowest BCUT2D eigenvalue weighted by molar-refractivity contribution is 0.900. The first-order chi connectivity index (χ1) is 7.84. The van der Waals surface area contributed by atoms with Crippen LogP contribution in [0.1, 0.15) is 17.7 Å². The van der Waals surface area contributed by atoms with Crippen LogP contribution in [-0.4, -0.2) is 15.0 Å². The van der Waals surface area contributed by atoms with Crippen LogP contribution in [0.2, 0.25) is 0 Å². The first-order valence-electron chi connectivity index (χ1n) is 5.40. The average molecular weight is 212 g/mol. The van der Waals surface area contributed by atoms with E-state index in [9.17, 15) is 0 Å². The Balaban J connectivity index is 2.13. The molecule has 3 rings (SSSR count). The second-order valence-corrected chi connectivity index (χ2v) is 3.95. The Morgan fingerprint density at radius 3 is 2.94 bits per heavy atom. The molecule has 4 heteroatoms. The van der Waals surface area contributed by atoms with Crippen LogP contribution in [0.3, 0.4) is 0 Å². The van der Waals surface area contributed by atoms with Gasteiger partial charge in [-0.2, -0.15) is 0 Å². The molecule has 2 aromatic rings. The second kappa shape index (κ2) is 3.56. The van der Waals surface area contributed by atoms with E-state index < -0.39 is 0 Å². The number of nitrogens with two attached hydrogens (primary N) is 1. The third kappa shape index (κ3) is 1.43. The van der Waals surface area contributed by atoms with Gasteiger partial charge in [-0.15, -0.1) is 0 Å². The van der Waals surface area contributed by atoms with Crippen molar-refractivity contribution in [3.05, 3.63) is 35.8 Å². The van der Waals surface area contributed by atoms with Crippen LogP contribution in [-0.2, 0) is 12.8 Å². The molecular formula is C12H12N4. The molecule has 16 heavy (non-hydrogen) atoms. The molecular weight excluding hydrogens is 200 g/mol. The summed E-state index contributed by atoms with van der Waals surface area (Å²) in [6.07, 6.45) is 6.64. The lowest BCUT2D eigenvalue weighted by Crippen LogP contribution is -2.02. The first kappa shape index (κ1) is 9.27. The Morgan fingerprint density at radius 1 is 1.19 bits per heavy atom. The van der Waals surface area contributed by atoms with Gasteiger partial charge < -0.3 is 5.73 Å². The van der Waals surface area contributed by atoms with E-state index in [2.05, 4.69) is 15.0 Å². The van der Waals surface area contributed by atoms with Crippen LogP contribution in [0.4, 0.5) is 5.82 Å². The van der Waals surface area contributed by atoms with Crippen molar-refractivity contribution in [2.75, 3.05) is 5.73 Å². The van der Waals surface area contributed by atoms with Gasteiger partial charge >= 0.3 is 0 Å². The third-order valence-electron chi connectivity index (χ3n) is 2.88. The summed E-state index contributed by atoms with van der Waals surface area (Å²) in [6, 6.07) is 3.82. The molecule has 0 atom stereocenters. The molecule has 0 fully saturated rings. The lowest BCUT2D eigenvalue weighted by atomic mass is 10.2. The molecule has 0 aromatic carbocycles. The number of anilines is 1. The maximum atomic E-state index is 5.94. The maximum Gasteiger partial charge on any atom is 0.163 e. The summed E-state index contributed by atoms with van der Waals surface area (Å²) >= 11 is 0. The number of aryl methyl sites for hydroxylation is 1. The smallest absolute Gasteiger partial charge is 0.163 e. The predicted molar refractivity (Wildman–Crippen MR) is 61.7 cm³/mol. The molecule has 4 nitrogen and oxygen atoms in total. The van der Waals surface area contributed by atoms with E-state index in [-0.39, 0.29) is 0 Å². The van der Waals surface area contributed by atoms with E-state index in [1.807, 2.05) is 12.1 Å². The van der Waals surface area contributed by atoms with Gasteiger partial charge in [0.25, 0.3) is 0 Å². The number of nitrogen functional groups attached to an aromatic ring is 1. The van der Waals surface area contributed by atoms with Crippen molar-refractivity contribution in [2.45, 2.75) is 19.3 Å². The fraction of sp³-hybridized carbons (Fsp3) is 0.250. The van der Waals surface area contributed by atoms with Gasteiger partial charge in [-0.05, 0) is 31.4 Å². The van der Waals surface area contributed by atoms with E-state index in [1.165, 1.54) is 0 Å². The molecule has 0 amide bonds. The Bertz CT molecular complexity index is 522. The summed E-state index contributed by atoms with van der Waals surface area (Å²) in [6.45, 7) is 0. The largest absolute Gasteiger partial charge is 0.383 e. The quantitative estimate of drug-likeness (QED) is 0.780. The van der Waals surface area contributed by atoms with E-state index in [1.54, 1.807) is 12.4 Å². The van der Waals surface area contributed by atoms with Gasteiger partial charge in [-0.25, -0.2) is 9.97 Å². The minimum Gasteiger partial charge on any atom is -0.383 e. The zero-order valence-electron chi connectivity index (χ0n) is 8.85. The molecule has 0 aliphatic heterocycles. The molecule has 2 aromatic heterocycles. The Labute approximate surface area is 93.6 Å². The summed E-state index contributed by atoms with van der Waals surface area (Å²) in [4.78, 5) is 13.0. The fourth-order valence-corrected chi connectivity index (χ4v) is 2.09. The third-order valence-corrected chi connectivity index (χ3v) is 2.88. The molecule has 1 aliphatic rings. The van der Waals surface area contributed by atoms with Gasteiger partial charge in [-0.1, -0.05) is 0 Å². The number of rotatable bonds is 1. The molecule has 0 saturated heterocycles. The van der Waals surface area contributed by atoms with Gasteiger partial charge in [0, 0.05) is 29.2 Å². The zero-order valence-corrected chi connectivity index (χ0v) is 8.85. The van der Waals surface area contributed by atoms with Crippen molar-refractivity contribution < 1.29 is 0 Å². The zero-order chi connectivity index (χ0) is 11.0. The lowest BCUT2D eigenvalue weighted by Gasteiger charge is -2.05. The van der Waals surface area contributed by atoms with Crippen molar-refractivity contribution in [1.82, 2.24) is 15.0 Å². The molecule has 2 N–H and O–H groups in total. The van der Waals surface area contributed by atoms with Crippen LogP contribution in [0.15, 0.2) is 24.5 Å². The summed E-state index contributed by atoms with van der Waals surface area (Å²) in [5.74, 6) is 1.31. The minimum atomic E-state index is 0.626. The monoisotopic (exact) mass is 212 g/mol. The van der Waals surface area contributed by atoms with Crippen LogP contribution < -0.4 is 5.73 Å². The van der Waals surface area contributed by atoms with E-state index in [0.717, 1.165) is 36.1 Å². The van der Waals surface area contributed by atoms with Crippen LogP contribution >= 0.6 is 0 Å². The molecule has 0 radical (unpaired) electrons. The van der Waals surface area contributed by atoms with Crippen molar-refractivity contribution in [3.63, 3.8) is 0 Å². The molecule has 0 spiro atoms. The Hall–Kier alpha value is -1.97. The van der Waals surface area contributed by atoms with E-state index in [4.69, 9.17) is 5.73 Å². The molecule has 2 heterocycles. The highest BCUT2D eigenvalue weighted by molar-refractivity contribution is 5.58. The molecule has 1 aliphatic carbocycles. The van der Waals surface area contributed by atoms with Gasteiger partial charge in [0.05, 0.1) is 0 Å². The molecule has 0 unspecified atom stereocenters. The number of nitrogens with zero attached hydrogens (tertiary/aromatic N) is 3. The highest BCUT2D eigenvalue weighted by atomic mass is 15.0. The standard InChI is InChI=1S/C12H12N4/c13-11-9-4-1-5-10(9)15-12(16-11)8-3-2-6-14-7-8/h2-3,6-7H,1,4-5H2,(H2,13,15,16). The van der Waals surface area contributed by atoms with Crippen molar-refractivity contribution in [3.8, 4) is 11.4 Å². The van der Waals surface area contributed by atoms with Crippen molar-refractivity contribution in [2.24, 2.45) is 0 Å². The highest BCUT2D eigenvalue weighted by Crippen LogP contribution is 2.26. The highest BCUT2D eigenvalue weighted by Gasteiger charge is 2.18. The summed E-state index contributed by atoms with van der Waals surface area (Å²) in [5.41, 5.74) is 9.09. The van der Waals surface area contributed by atoms with Gasteiger partial charge in [-0.3, -0.25) is 4.98 Å². The summed E-state index contributed by atoms with van der Waals surface area (Å²) in [5, 5.41) is 0. The van der Waals surface area contributed by atoms with Crippen LogP contribution in [0.25, 0.3) is 11.4 Å². The number of hydrogen-bond donors (Lipinski definition) is 1. The minimum absolute atomic E-state index is 0.626. The average Bonchev–Trinajstić information content (AvgIpc) is 2.79. The Morgan fingerprint density at radius 2 is 2.12 bits per heavy atom. The van der Waals surface area contributed by atoms with E-state index in [0.29, 0.717) is 11.6 Å². The molecule has 0 saturated carbocycles. The second-order valence-electron chi connectivity index (χ2n) is 3.95. The SMILES string of the molecule is Nc1nc(-c2cccnc2)nc2c1CCC2. The number of pyridine rings is 1. The summed E-state index contributed by atoms with van der Waals surface area (Å²) in [7, 11) is 0. The van der Waals surface area contributed by atoms with Gasteiger partial charge in [0.1, 0.15) is 5.82 Å². The normalized spacial score (nSPS) is 13.8. The topological polar surface area (TPSA) is 64.7 Å². The van der Waals surface area contributed by atoms with Crippen LogP contribution in [0.5, 0.6) is 0 Å². The van der Waals surface area contributed by atoms with Gasteiger partial charge in [0.2, 0.25) is 0 Å². The number of hydrogen-bond acceptors (Lipinski definition) is 4. The first-order valence-corrected chi connectivity index (χ1v) is 5.40. The maximum absolute atomic E-state index is 5.94. The molecule has 80 valence electrons. The fourth-order valence-electron chi connectivity index (χ4n) is 2.09. The molecule has 0 bridgehead atoms. The summed E-state index contributed by atoms with van der Waals surface area (Å²) < 4.78 is 0. The van der Waals surface area contributed by atoms with Crippen LogP contribution in [0, 0.1) is 0 Å². The van der Waals surface area contributed by atoms with Gasteiger partial charge in [0.15, 0.2) is 5.82 Å². The number of aromatic nitrogens is 3. The Kier molecular flexibility index (Phi) is 2.06. The van der Waals surface area contributed by atoms with Crippen molar-refractivity contribution >= 4 is 5.82 Å². The predicted octanol–water partition coefficient (Wildman–Crippen LogP) is 1.61. The van der Waals surface area contributed by atoms with Crippen molar-refractivity contribution in [1.29, 1.82) is 0 Å².